The van der Waals surface area contributed by atoms with Crippen LogP contribution in [0.15, 0.2) is 28.9 Å². The standard InChI is InChI=1S/C18H26N4O4S.C4H10/c23-17(24)16(21-27(25)26)14-4-8-18(9-5-14,22-12-2-1-3-13-22)20-15-6-10-19-11-7-15;1-3-4-2/h6-7,10-11,14,16H,1-5,8-9,12-13H2,(H,19,20)(H,23,24);3-4H2,1-2H3. The van der Waals surface area contributed by atoms with Gasteiger partial charge in [-0.15, -0.1) is 0 Å². The topological polar surface area (TPSA) is 112 Å². The molecule has 0 bridgehead atoms. The Kier molecular flexibility index (Phi) is 10.4. The summed E-state index contributed by atoms with van der Waals surface area (Å²) in [5.41, 5.74) is 0.756. The molecular formula is C22H36N4O4S. The molecule has 1 aliphatic heterocycles. The van der Waals surface area contributed by atoms with Gasteiger partial charge in [-0.3, -0.25) is 9.88 Å². The number of rotatable bonds is 7. The van der Waals surface area contributed by atoms with Crippen molar-refractivity contribution in [2.75, 3.05) is 18.4 Å². The molecule has 1 unspecified atom stereocenters. The minimum absolute atomic E-state index is 0.238. The van der Waals surface area contributed by atoms with Gasteiger partial charge in [0.2, 0.25) is 0 Å². The quantitative estimate of drug-likeness (QED) is 0.638. The second-order valence-corrected chi connectivity index (χ2v) is 9.03. The van der Waals surface area contributed by atoms with Gasteiger partial charge < -0.3 is 10.4 Å². The first-order valence-corrected chi connectivity index (χ1v) is 12.4. The summed E-state index contributed by atoms with van der Waals surface area (Å²) in [6, 6.07) is 2.69. The molecule has 1 saturated carbocycles. The number of carboxylic acid groups (broad SMARTS) is 1. The molecule has 1 aromatic rings. The van der Waals surface area contributed by atoms with Crippen LogP contribution >= 0.6 is 0 Å². The number of carbonyl (C=O) groups is 1. The van der Waals surface area contributed by atoms with E-state index in [2.05, 4.69) is 33.4 Å². The lowest BCUT2D eigenvalue weighted by atomic mass is 9.77. The molecule has 0 radical (unpaired) electrons. The van der Waals surface area contributed by atoms with Crippen LogP contribution in [0.25, 0.3) is 0 Å². The lowest BCUT2D eigenvalue weighted by Crippen LogP contribution is -2.58. The molecule has 2 aliphatic rings. The SMILES string of the molecule is CCCC.O=C(O)C(N=S(=O)=O)C1CCC(Nc2ccncc2)(N2CCCCC2)CC1. The number of hydrogen-bond donors (Lipinski definition) is 2. The lowest BCUT2D eigenvalue weighted by molar-refractivity contribution is -0.140. The summed E-state index contributed by atoms with van der Waals surface area (Å²) in [6.07, 6.45) is 12.4. The fraction of sp³-hybridized carbons (Fsp3) is 0.727. The van der Waals surface area contributed by atoms with Crippen molar-refractivity contribution < 1.29 is 18.3 Å². The van der Waals surface area contributed by atoms with E-state index in [1.54, 1.807) is 12.4 Å². The van der Waals surface area contributed by atoms with Crippen molar-refractivity contribution in [1.29, 1.82) is 0 Å². The maximum atomic E-state index is 11.5. The van der Waals surface area contributed by atoms with Gasteiger partial charge in [0, 0.05) is 31.2 Å². The van der Waals surface area contributed by atoms with Crippen molar-refractivity contribution in [2.24, 2.45) is 10.3 Å². The van der Waals surface area contributed by atoms with Crippen LogP contribution in [0.1, 0.15) is 71.6 Å². The van der Waals surface area contributed by atoms with E-state index in [0.717, 1.165) is 44.5 Å². The van der Waals surface area contributed by atoms with E-state index in [0.29, 0.717) is 12.8 Å². The van der Waals surface area contributed by atoms with Gasteiger partial charge in [0.15, 0.2) is 6.04 Å². The van der Waals surface area contributed by atoms with Gasteiger partial charge in [0.05, 0.1) is 5.66 Å². The smallest absolute Gasteiger partial charge is 0.330 e. The van der Waals surface area contributed by atoms with Crippen LogP contribution in [0.2, 0.25) is 0 Å². The van der Waals surface area contributed by atoms with Crippen molar-refractivity contribution in [3.8, 4) is 0 Å². The molecular weight excluding hydrogens is 416 g/mol. The predicted molar refractivity (Wildman–Crippen MR) is 121 cm³/mol. The van der Waals surface area contributed by atoms with E-state index in [1.165, 1.54) is 19.3 Å². The fourth-order valence-electron chi connectivity index (χ4n) is 4.41. The van der Waals surface area contributed by atoms with Crippen LogP contribution < -0.4 is 5.32 Å². The van der Waals surface area contributed by atoms with E-state index < -0.39 is 22.5 Å². The highest BCUT2D eigenvalue weighted by Crippen LogP contribution is 2.40. The Hall–Kier alpha value is -2.00. The predicted octanol–water partition coefficient (Wildman–Crippen LogP) is 4.19. The van der Waals surface area contributed by atoms with E-state index in [9.17, 15) is 18.3 Å². The number of hydrogen-bond acceptors (Lipinski definition) is 7. The molecule has 0 amide bonds. The summed E-state index contributed by atoms with van der Waals surface area (Å²) in [7, 11) is -2.71. The van der Waals surface area contributed by atoms with Crippen LogP contribution in [0.5, 0.6) is 0 Å². The number of likely N-dealkylation sites (tertiary alicyclic amines) is 1. The summed E-state index contributed by atoms with van der Waals surface area (Å²) >= 11 is 0. The summed E-state index contributed by atoms with van der Waals surface area (Å²) < 4.78 is 25.3. The third-order valence-corrected chi connectivity index (χ3v) is 6.67. The molecule has 31 heavy (non-hydrogen) atoms. The fourth-order valence-corrected chi connectivity index (χ4v) is 4.85. The highest BCUT2D eigenvalue weighted by atomic mass is 32.2. The van der Waals surface area contributed by atoms with Crippen LogP contribution in [-0.4, -0.2) is 54.2 Å². The minimum atomic E-state index is -2.71. The van der Waals surface area contributed by atoms with Crippen molar-refractivity contribution in [2.45, 2.75) is 83.3 Å². The zero-order chi connectivity index (χ0) is 22.7. The van der Waals surface area contributed by atoms with Crippen LogP contribution in [0, 0.1) is 5.92 Å². The molecule has 9 heteroatoms. The Balaban J connectivity index is 0.000000785. The third-order valence-electron chi connectivity index (χ3n) is 6.28. The summed E-state index contributed by atoms with van der Waals surface area (Å²) in [5.74, 6) is -1.44. The number of aliphatic carboxylic acids is 1. The number of nitrogens with one attached hydrogen (secondary N) is 1. The number of aromatic nitrogens is 1. The zero-order valence-electron chi connectivity index (χ0n) is 18.7. The molecule has 1 atom stereocenters. The Labute approximate surface area is 187 Å². The van der Waals surface area contributed by atoms with Gasteiger partial charge in [-0.2, -0.15) is 12.8 Å². The number of anilines is 1. The van der Waals surface area contributed by atoms with Gasteiger partial charge in [0.25, 0.3) is 0 Å². The summed E-state index contributed by atoms with van der Waals surface area (Å²) in [5, 5.41) is 13.1. The summed E-state index contributed by atoms with van der Waals surface area (Å²) in [6.45, 7) is 6.39. The number of carboxylic acids is 1. The number of nitrogens with zero attached hydrogens (tertiary/aromatic N) is 3. The third kappa shape index (κ3) is 7.57. The van der Waals surface area contributed by atoms with Crippen molar-refractivity contribution >= 4 is 22.2 Å². The monoisotopic (exact) mass is 452 g/mol. The van der Waals surface area contributed by atoms with E-state index in [1.807, 2.05) is 12.1 Å². The van der Waals surface area contributed by atoms with Gasteiger partial charge >= 0.3 is 16.5 Å². The largest absolute Gasteiger partial charge is 0.480 e. The Morgan fingerprint density at radius 3 is 2.26 bits per heavy atom. The van der Waals surface area contributed by atoms with Crippen LogP contribution in [0.3, 0.4) is 0 Å². The minimum Gasteiger partial charge on any atom is -0.480 e. The molecule has 3 rings (SSSR count). The van der Waals surface area contributed by atoms with Crippen LogP contribution in [-0.2, 0) is 15.3 Å². The van der Waals surface area contributed by atoms with Crippen molar-refractivity contribution in [3.63, 3.8) is 0 Å². The normalized spacial score (nSPS) is 24.9. The maximum Gasteiger partial charge on any atom is 0.330 e. The van der Waals surface area contributed by atoms with E-state index in [-0.39, 0.29) is 11.6 Å². The number of pyridine rings is 1. The molecule has 0 spiro atoms. The molecule has 1 saturated heterocycles. The lowest BCUT2D eigenvalue weighted by Gasteiger charge is -2.50. The van der Waals surface area contributed by atoms with Crippen molar-refractivity contribution in [1.82, 2.24) is 9.88 Å². The first-order valence-electron chi connectivity index (χ1n) is 11.4. The summed E-state index contributed by atoms with van der Waals surface area (Å²) in [4.78, 5) is 18.0. The second-order valence-electron chi connectivity index (χ2n) is 8.38. The molecule has 8 nitrogen and oxygen atoms in total. The van der Waals surface area contributed by atoms with E-state index >= 15 is 0 Å². The van der Waals surface area contributed by atoms with Gasteiger partial charge in [-0.25, -0.2) is 4.79 Å². The Morgan fingerprint density at radius 2 is 1.77 bits per heavy atom. The molecule has 1 aliphatic carbocycles. The van der Waals surface area contributed by atoms with Gasteiger partial charge in [0.1, 0.15) is 0 Å². The molecule has 2 fully saturated rings. The molecule has 2 heterocycles. The molecule has 2 N–H and O–H groups in total. The average Bonchev–Trinajstić information content (AvgIpc) is 2.79. The highest BCUT2D eigenvalue weighted by molar-refractivity contribution is 7.61. The Morgan fingerprint density at radius 1 is 1.19 bits per heavy atom. The van der Waals surface area contributed by atoms with E-state index in [4.69, 9.17) is 0 Å². The van der Waals surface area contributed by atoms with Crippen LogP contribution in [0.4, 0.5) is 5.69 Å². The number of unbranched alkanes of at least 4 members (excludes halogenated alkanes) is 1. The first kappa shape index (κ1) is 25.3. The van der Waals surface area contributed by atoms with Crippen molar-refractivity contribution in [3.05, 3.63) is 24.5 Å². The highest BCUT2D eigenvalue weighted by Gasteiger charge is 2.43. The average molecular weight is 453 g/mol. The maximum absolute atomic E-state index is 11.5. The molecule has 0 aromatic carbocycles. The number of piperidine rings is 1. The first-order chi connectivity index (χ1) is 14.9. The second kappa shape index (κ2) is 12.8. The van der Waals surface area contributed by atoms with Gasteiger partial charge in [-0.1, -0.05) is 33.1 Å². The Bertz CT molecular complexity index is 792. The molecule has 1 aromatic heterocycles. The van der Waals surface area contributed by atoms with Gasteiger partial charge in [-0.05, 0) is 56.6 Å². The zero-order valence-corrected chi connectivity index (χ0v) is 19.5. The molecule has 174 valence electrons.